The minimum absolute atomic E-state index is 0.124. The molecule has 0 spiro atoms. The molecule has 2 rings (SSSR count). The maximum atomic E-state index is 10.8. The molecule has 1 fully saturated rings. The van der Waals surface area contributed by atoms with Crippen molar-refractivity contribution < 1.29 is 19.4 Å². The van der Waals surface area contributed by atoms with Crippen molar-refractivity contribution in [3.8, 4) is 5.75 Å². The highest BCUT2D eigenvalue weighted by molar-refractivity contribution is 7.98. The third-order valence-corrected chi connectivity index (χ3v) is 3.65. The summed E-state index contributed by atoms with van der Waals surface area (Å²) in [4.78, 5) is 11.8. The Morgan fingerprint density at radius 2 is 2.28 bits per heavy atom. The van der Waals surface area contributed by atoms with Crippen molar-refractivity contribution in [1.82, 2.24) is 0 Å². The van der Waals surface area contributed by atoms with Gasteiger partial charge in [-0.25, -0.2) is 4.79 Å². The lowest BCUT2D eigenvalue weighted by atomic mass is 10.2. The van der Waals surface area contributed by atoms with E-state index in [1.807, 2.05) is 30.5 Å². The van der Waals surface area contributed by atoms with Gasteiger partial charge in [-0.1, -0.05) is 12.1 Å². The van der Waals surface area contributed by atoms with Gasteiger partial charge in [-0.2, -0.15) is 0 Å². The van der Waals surface area contributed by atoms with Crippen molar-refractivity contribution in [1.29, 1.82) is 0 Å². The van der Waals surface area contributed by atoms with E-state index in [2.05, 4.69) is 0 Å². The molecular weight excluding hydrogens is 252 g/mol. The van der Waals surface area contributed by atoms with E-state index in [0.29, 0.717) is 13.0 Å². The molecule has 0 saturated carbocycles. The Hall–Kier alpha value is -1.20. The molecule has 2 unspecified atom stereocenters. The fraction of sp³-hybridized carbons (Fsp3) is 0.462. The van der Waals surface area contributed by atoms with Gasteiger partial charge in [0.25, 0.3) is 0 Å². The van der Waals surface area contributed by atoms with Crippen LogP contribution >= 0.6 is 11.8 Å². The van der Waals surface area contributed by atoms with Crippen molar-refractivity contribution in [3.63, 3.8) is 0 Å². The molecule has 98 valence electrons. The highest BCUT2D eigenvalue weighted by Gasteiger charge is 2.30. The Bertz CT molecular complexity index is 421. The lowest BCUT2D eigenvalue weighted by Gasteiger charge is -2.14. The SMILES string of the molecule is CSc1ccccc1OCC1CCC(C(=O)O)O1. The van der Waals surface area contributed by atoms with Crippen LogP contribution in [-0.4, -0.2) is 36.1 Å². The van der Waals surface area contributed by atoms with Gasteiger partial charge >= 0.3 is 5.97 Å². The number of hydrogen-bond donors (Lipinski definition) is 1. The van der Waals surface area contributed by atoms with Gasteiger partial charge in [0.05, 0.1) is 6.10 Å². The van der Waals surface area contributed by atoms with Crippen LogP contribution in [0.25, 0.3) is 0 Å². The molecule has 0 aromatic heterocycles. The summed E-state index contributed by atoms with van der Waals surface area (Å²) in [6, 6.07) is 7.79. The van der Waals surface area contributed by atoms with E-state index in [4.69, 9.17) is 14.6 Å². The third kappa shape index (κ3) is 3.17. The second-order valence-electron chi connectivity index (χ2n) is 4.12. The predicted octanol–water partition coefficient (Wildman–Crippen LogP) is 2.42. The first-order valence-electron chi connectivity index (χ1n) is 5.85. The summed E-state index contributed by atoms with van der Waals surface area (Å²) < 4.78 is 11.1. The molecule has 1 aliphatic heterocycles. The number of carbonyl (C=O) groups is 1. The molecular formula is C13H16O4S. The van der Waals surface area contributed by atoms with Crippen molar-refractivity contribution in [2.45, 2.75) is 29.9 Å². The molecule has 1 saturated heterocycles. The summed E-state index contributed by atoms with van der Waals surface area (Å²) in [5, 5.41) is 8.83. The second kappa shape index (κ2) is 6.11. The quantitative estimate of drug-likeness (QED) is 0.831. The first kappa shape index (κ1) is 13.2. The van der Waals surface area contributed by atoms with Crippen molar-refractivity contribution in [2.75, 3.05) is 12.9 Å². The topological polar surface area (TPSA) is 55.8 Å². The van der Waals surface area contributed by atoms with E-state index in [1.54, 1.807) is 11.8 Å². The lowest BCUT2D eigenvalue weighted by Crippen LogP contribution is -2.23. The van der Waals surface area contributed by atoms with Crippen LogP contribution in [0.4, 0.5) is 0 Å². The summed E-state index contributed by atoms with van der Waals surface area (Å²) >= 11 is 1.62. The number of para-hydroxylation sites is 1. The molecule has 5 heteroatoms. The average Bonchev–Trinajstić information content (AvgIpc) is 2.85. The summed E-state index contributed by atoms with van der Waals surface area (Å²) in [5.41, 5.74) is 0. The molecule has 1 aromatic carbocycles. The number of carboxylic acid groups (broad SMARTS) is 1. The van der Waals surface area contributed by atoms with Crippen LogP contribution in [0, 0.1) is 0 Å². The molecule has 1 heterocycles. The Kier molecular flexibility index (Phi) is 4.49. The van der Waals surface area contributed by atoms with Gasteiger partial charge in [-0.05, 0) is 31.2 Å². The standard InChI is InChI=1S/C13H16O4S/c1-18-12-5-3-2-4-10(12)16-8-9-6-7-11(17-9)13(14)15/h2-5,9,11H,6-8H2,1H3,(H,14,15). The smallest absolute Gasteiger partial charge is 0.332 e. The molecule has 0 amide bonds. The number of carboxylic acids is 1. The average molecular weight is 268 g/mol. The molecule has 4 nitrogen and oxygen atoms in total. The Morgan fingerprint density at radius 3 is 2.94 bits per heavy atom. The van der Waals surface area contributed by atoms with Crippen LogP contribution in [0.3, 0.4) is 0 Å². The minimum atomic E-state index is -0.887. The normalized spacial score (nSPS) is 22.9. The van der Waals surface area contributed by atoms with E-state index in [-0.39, 0.29) is 6.10 Å². The first-order valence-corrected chi connectivity index (χ1v) is 7.07. The maximum absolute atomic E-state index is 10.8. The monoisotopic (exact) mass is 268 g/mol. The fourth-order valence-corrected chi connectivity index (χ4v) is 2.47. The molecule has 1 aromatic rings. The largest absolute Gasteiger partial charge is 0.490 e. The Balaban J connectivity index is 1.87. The second-order valence-corrected chi connectivity index (χ2v) is 4.97. The zero-order chi connectivity index (χ0) is 13.0. The molecule has 2 atom stereocenters. The number of hydrogen-bond acceptors (Lipinski definition) is 4. The van der Waals surface area contributed by atoms with E-state index in [9.17, 15) is 4.79 Å². The number of aliphatic carboxylic acids is 1. The number of rotatable bonds is 5. The maximum Gasteiger partial charge on any atom is 0.332 e. The third-order valence-electron chi connectivity index (χ3n) is 2.88. The zero-order valence-electron chi connectivity index (χ0n) is 10.2. The molecule has 0 radical (unpaired) electrons. The molecule has 0 bridgehead atoms. The fourth-order valence-electron chi connectivity index (χ4n) is 1.93. The highest BCUT2D eigenvalue weighted by Crippen LogP contribution is 2.28. The van der Waals surface area contributed by atoms with E-state index in [0.717, 1.165) is 17.1 Å². The summed E-state index contributed by atoms with van der Waals surface area (Å²) in [6.45, 7) is 0.404. The van der Waals surface area contributed by atoms with Gasteiger partial charge in [-0.15, -0.1) is 11.8 Å². The van der Waals surface area contributed by atoms with Gasteiger partial charge in [0.2, 0.25) is 0 Å². The minimum Gasteiger partial charge on any atom is -0.490 e. The van der Waals surface area contributed by atoms with Gasteiger partial charge in [0.1, 0.15) is 12.4 Å². The summed E-state index contributed by atoms with van der Waals surface area (Å²) in [5.74, 6) is -0.0608. The van der Waals surface area contributed by atoms with Crippen molar-refractivity contribution in [3.05, 3.63) is 24.3 Å². The predicted molar refractivity (Wildman–Crippen MR) is 69.2 cm³/mol. The van der Waals surface area contributed by atoms with Gasteiger partial charge < -0.3 is 14.6 Å². The van der Waals surface area contributed by atoms with Crippen LogP contribution < -0.4 is 4.74 Å². The van der Waals surface area contributed by atoms with Gasteiger partial charge in [0, 0.05) is 4.90 Å². The van der Waals surface area contributed by atoms with Crippen LogP contribution in [0.15, 0.2) is 29.2 Å². The molecule has 18 heavy (non-hydrogen) atoms. The number of thioether (sulfide) groups is 1. The molecule has 1 aliphatic rings. The van der Waals surface area contributed by atoms with Gasteiger partial charge in [0.15, 0.2) is 6.10 Å². The lowest BCUT2D eigenvalue weighted by molar-refractivity contribution is -0.149. The summed E-state index contributed by atoms with van der Waals surface area (Å²) in [7, 11) is 0. The zero-order valence-corrected chi connectivity index (χ0v) is 11.0. The van der Waals surface area contributed by atoms with Crippen molar-refractivity contribution >= 4 is 17.7 Å². The molecule has 0 aliphatic carbocycles. The molecule has 1 N–H and O–H groups in total. The Labute approximate surface area is 110 Å². The van der Waals surface area contributed by atoms with E-state index in [1.165, 1.54) is 0 Å². The highest BCUT2D eigenvalue weighted by atomic mass is 32.2. The Morgan fingerprint density at radius 1 is 1.50 bits per heavy atom. The number of benzene rings is 1. The van der Waals surface area contributed by atoms with E-state index >= 15 is 0 Å². The van der Waals surface area contributed by atoms with E-state index < -0.39 is 12.1 Å². The van der Waals surface area contributed by atoms with Crippen LogP contribution in [0.2, 0.25) is 0 Å². The van der Waals surface area contributed by atoms with Crippen molar-refractivity contribution in [2.24, 2.45) is 0 Å². The van der Waals surface area contributed by atoms with Crippen LogP contribution in [-0.2, 0) is 9.53 Å². The first-order chi connectivity index (χ1) is 8.70. The van der Waals surface area contributed by atoms with Gasteiger partial charge in [-0.3, -0.25) is 0 Å². The van der Waals surface area contributed by atoms with Crippen LogP contribution in [0.5, 0.6) is 5.75 Å². The number of ether oxygens (including phenoxy) is 2. The van der Waals surface area contributed by atoms with Crippen LogP contribution in [0.1, 0.15) is 12.8 Å². The summed E-state index contributed by atoms with van der Waals surface area (Å²) in [6.07, 6.45) is 2.50.